The summed E-state index contributed by atoms with van der Waals surface area (Å²) in [6.45, 7) is 6.43. The monoisotopic (exact) mass is 898 g/mol. The molecule has 0 saturated heterocycles. The van der Waals surface area contributed by atoms with Crippen LogP contribution in [-0.2, 0) is 9.47 Å². The average Bonchev–Trinajstić information content (AvgIpc) is 3.42. The normalized spacial score (nSPS) is 12.9. The number of anilines is 6. The fraction of sp³-hybridized carbons (Fsp3) is 0.108. The van der Waals surface area contributed by atoms with Crippen LogP contribution in [0.25, 0.3) is 35.2 Å². The number of hydrogen-bond donors (Lipinski definition) is 0. The molecule has 0 aliphatic carbocycles. The van der Waals surface area contributed by atoms with Crippen molar-refractivity contribution in [3.63, 3.8) is 0 Å². The first-order valence-corrected chi connectivity index (χ1v) is 24.1. The van der Waals surface area contributed by atoms with Gasteiger partial charge >= 0.3 is 0 Å². The zero-order valence-corrected chi connectivity index (χ0v) is 39.7. The van der Waals surface area contributed by atoms with Crippen LogP contribution in [0.2, 0.25) is 0 Å². The fourth-order valence-corrected chi connectivity index (χ4v) is 8.62. The molecule has 0 aromatic heterocycles. The number of para-hydroxylation sites is 4. The van der Waals surface area contributed by atoms with Gasteiger partial charge in [-0.15, -0.1) is 0 Å². The lowest BCUT2D eigenvalue weighted by Gasteiger charge is -2.26. The quantitative estimate of drug-likeness (QED) is 0.0671. The zero-order chi connectivity index (χ0) is 47.2. The highest BCUT2D eigenvalue weighted by Gasteiger charge is 2.20. The number of unbranched alkanes of at least 4 members (excludes halogenated alkanes) is 1. The van der Waals surface area contributed by atoms with Gasteiger partial charge in [0, 0.05) is 56.4 Å². The molecular formula is C65H58N2O2. The van der Waals surface area contributed by atoms with Crippen LogP contribution in [0.5, 0.6) is 0 Å². The maximum absolute atomic E-state index is 6.74. The number of ether oxygens (including phenoxy) is 2. The van der Waals surface area contributed by atoms with Gasteiger partial charge in [0.05, 0.1) is 0 Å². The highest BCUT2D eigenvalue weighted by atomic mass is 16.5. The molecule has 69 heavy (non-hydrogen) atoms. The maximum atomic E-state index is 6.74. The van der Waals surface area contributed by atoms with Gasteiger partial charge in [-0.25, -0.2) is 0 Å². The Morgan fingerprint density at radius 2 is 0.884 bits per heavy atom. The van der Waals surface area contributed by atoms with E-state index in [2.05, 4.69) is 254 Å². The molecule has 4 heteroatoms. The Morgan fingerprint density at radius 3 is 1.33 bits per heavy atom. The average molecular weight is 899 g/mol. The van der Waals surface area contributed by atoms with E-state index in [4.69, 9.17) is 9.47 Å². The Balaban J connectivity index is 0.856. The second-order valence-corrected chi connectivity index (χ2v) is 17.0. The van der Waals surface area contributed by atoms with Crippen molar-refractivity contribution in [3.05, 3.63) is 276 Å². The second kappa shape index (κ2) is 22.4. The zero-order valence-electron chi connectivity index (χ0n) is 39.7. The summed E-state index contributed by atoms with van der Waals surface area (Å²) in [5, 5.41) is 0. The van der Waals surface area contributed by atoms with E-state index in [-0.39, 0.29) is 0 Å². The molecule has 0 radical (unpaired) electrons. The summed E-state index contributed by atoms with van der Waals surface area (Å²) in [5.41, 5.74) is 14.3. The Bertz CT molecular complexity index is 2980. The molecule has 0 saturated carbocycles. The van der Waals surface area contributed by atoms with E-state index in [1.807, 2.05) is 25.1 Å². The first-order valence-electron chi connectivity index (χ1n) is 24.1. The first kappa shape index (κ1) is 45.8. The van der Waals surface area contributed by atoms with Crippen LogP contribution in [0.4, 0.5) is 34.1 Å². The van der Waals surface area contributed by atoms with Gasteiger partial charge in [-0.1, -0.05) is 154 Å². The first-order chi connectivity index (χ1) is 34.1. The lowest BCUT2D eigenvalue weighted by atomic mass is 9.98. The molecule has 4 nitrogen and oxygen atoms in total. The molecule has 0 unspecified atom stereocenters. The predicted molar refractivity (Wildman–Crippen MR) is 293 cm³/mol. The van der Waals surface area contributed by atoms with Crippen LogP contribution in [-0.4, -0.2) is 0 Å². The van der Waals surface area contributed by atoms with Crippen LogP contribution in [0.1, 0.15) is 79.8 Å². The number of benzene rings is 8. The summed E-state index contributed by atoms with van der Waals surface area (Å²) in [4.78, 5) is 4.54. The van der Waals surface area contributed by atoms with Gasteiger partial charge < -0.3 is 19.3 Å². The molecule has 8 aromatic carbocycles. The molecule has 0 fully saturated rings. The largest absolute Gasteiger partial charge is 0.457 e. The van der Waals surface area contributed by atoms with Crippen molar-refractivity contribution in [3.8, 4) is 0 Å². The molecule has 1 heterocycles. The number of nitrogens with zero attached hydrogens (tertiary/aromatic N) is 2. The highest BCUT2D eigenvalue weighted by molar-refractivity contribution is 5.81. The fourth-order valence-electron chi connectivity index (χ4n) is 8.62. The van der Waals surface area contributed by atoms with Crippen molar-refractivity contribution in [2.75, 3.05) is 9.80 Å². The number of allylic oxidation sites excluding steroid dienone is 4. The van der Waals surface area contributed by atoms with Gasteiger partial charge in [0.25, 0.3) is 0 Å². The summed E-state index contributed by atoms with van der Waals surface area (Å²) in [5.74, 6) is 3.51. The molecule has 1 aliphatic rings. The van der Waals surface area contributed by atoms with Crippen molar-refractivity contribution in [1.82, 2.24) is 0 Å². The van der Waals surface area contributed by atoms with Crippen LogP contribution >= 0.6 is 0 Å². The third kappa shape index (κ3) is 11.1. The minimum Gasteiger partial charge on any atom is -0.457 e. The van der Waals surface area contributed by atoms with E-state index >= 15 is 0 Å². The van der Waals surface area contributed by atoms with Gasteiger partial charge in [0.2, 0.25) is 0 Å². The Labute approximate surface area is 408 Å². The van der Waals surface area contributed by atoms with Crippen molar-refractivity contribution in [2.24, 2.45) is 0 Å². The molecule has 340 valence electrons. The van der Waals surface area contributed by atoms with Gasteiger partial charge in [-0.3, -0.25) is 0 Å². The van der Waals surface area contributed by atoms with Gasteiger partial charge in [-0.05, 0) is 158 Å². The van der Waals surface area contributed by atoms with Crippen LogP contribution < -0.4 is 9.80 Å². The van der Waals surface area contributed by atoms with E-state index in [1.165, 1.54) is 5.57 Å². The lowest BCUT2D eigenvalue weighted by molar-refractivity contribution is 0.454. The van der Waals surface area contributed by atoms with Gasteiger partial charge in [0.1, 0.15) is 23.0 Å². The molecule has 9 rings (SSSR count). The summed E-state index contributed by atoms with van der Waals surface area (Å²) in [6.07, 6.45) is 14.5. The molecule has 0 atom stereocenters. The molecule has 0 amide bonds. The van der Waals surface area contributed by atoms with E-state index in [9.17, 15) is 0 Å². The summed E-state index contributed by atoms with van der Waals surface area (Å²) >= 11 is 0. The molecule has 8 aromatic rings. The SMILES string of the molecule is C/C=C(\O/C(=C\CCC)c1ccc(/C=C\c2ccc(C3=C(CC)CC=C(c4ccc(N(c5ccccc5)c5ccccc5)cc4)O3)cc2)cc1)c1ccc(N(c2ccccc2)c2ccccc2)cc1. The standard InChI is InChI=1S/C65H58N2O2/c1-4-7-28-63(68-62(6-3)52-39-44-60(45-40-52)66(56-20-12-8-13-21-56)57-22-14-9-15-23-57)53-35-31-49(32-36-53)29-30-50-33-37-55(38-34-50)65-51(5-2)43-48-64(69-65)54-41-46-61(47-42-54)67(58-24-16-10-17-25-58)59-26-18-11-19-27-59/h6,8-42,44-48H,4-5,7,43H2,1-3H3/b30-29-,62-6-,63-28-. The van der Waals surface area contributed by atoms with Crippen LogP contribution in [0.15, 0.2) is 242 Å². The van der Waals surface area contributed by atoms with Crippen LogP contribution in [0, 0.1) is 0 Å². The Morgan fingerprint density at radius 1 is 0.478 bits per heavy atom. The Kier molecular flexibility index (Phi) is 14.9. The van der Waals surface area contributed by atoms with Crippen LogP contribution in [0.3, 0.4) is 0 Å². The summed E-state index contributed by atoms with van der Waals surface area (Å²) in [6, 6.07) is 76.5. The minimum atomic E-state index is 0.818. The summed E-state index contributed by atoms with van der Waals surface area (Å²) in [7, 11) is 0. The third-order valence-electron chi connectivity index (χ3n) is 12.3. The third-order valence-corrected chi connectivity index (χ3v) is 12.3. The minimum absolute atomic E-state index is 0.818. The topological polar surface area (TPSA) is 24.9 Å². The summed E-state index contributed by atoms with van der Waals surface area (Å²) < 4.78 is 13.5. The second-order valence-electron chi connectivity index (χ2n) is 17.0. The van der Waals surface area contributed by atoms with Gasteiger partial charge in [-0.2, -0.15) is 0 Å². The molecule has 1 aliphatic heterocycles. The Hall–Kier alpha value is -8.34. The van der Waals surface area contributed by atoms with E-state index in [0.29, 0.717) is 0 Å². The number of rotatable bonds is 17. The van der Waals surface area contributed by atoms with Crippen molar-refractivity contribution in [2.45, 2.75) is 46.5 Å². The van der Waals surface area contributed by atoms with Gasteiger partial charge in [0.15, 0.2) is 0 Å². The maximum Gasteiger partial charge on any atom is 0.134 e. The van der Waals surface area contributed by atoms with Crippen molar-refractivity contribution >= 4 is 69.3 Å². The van der Waals surface area contributed by atoms with Crippen molar-refractivity contribution in [1.29, 1.82) is 0 Å². The number of hydrogen-bond acceptors (Lipinski definition) is 4. The molecule has 0 bridgehead atoms. The lowest BCUT2D eigenvalue weighted by Crippen LogP contribution is -2.09. The highest BCUT2D eigenvalue weighted by Crippen LogP contribution is 2.39. The predicted octanol–water partition coefficient (Wildman–Crippen LogP) is 18.6. The van der Waals surface area contributed by atoms with E-state index in [0.717, 1.165) is 116 Å². The van der Waals surface area contributed by atoms with Crippen molar-refractivity contribution < 1.29 is 9.47 Å². The molecule has 0 spiro atoms. The van der Waals surface area contributed by atoms with E-state index < -0.39 is 0 Å². The molecule has 0 N–H and O–H groups in total. The van der Waals surface area contributed by atoms with E-state index in [1.54, 1.807) is 0 Å². The molecular weight excluding hydrogens is 841 g/mol. The smallest absolute Gasteiger partial charge is 0.134 e.